The zero-order valence-electron chi connectivity index (χ0n) is 12.2. The van der Waals surface area contributed by atoms with Crippen molar-refractivity contribution in [3.8, 4) is 0 Å². The summed E-state index contributed by atoms with van der Waals surface area (Å²) >= 11 is 0. The van der Waals surface area contributed by atoms with Gasteiger partial charge in [0.15, 0.2) is 0 Å². The number of carbonyl (C=O) groups is 2. The second-order valence-electron chi connectivity index (χ2n) is 5.17. The van der Waals surface area contributed by atoms with E-state index in [0.717, 1.165) is 24.2 Å². The van der Waals surface area contributed by atoms with Gasteiger partial charge >= 0.3 is 0 Å². The molecule has 1 heterocycles. The molecule has 1 atom stereocenters. The Hall–Kier alpha value is -1.59. The first-order valence-corrected chi connectivity index (χ1v) is 6.99. The zero-order valence-corrected chi connectivity index (χ0v) is 13.0. The highest BCUT2D eigenvalue weighted by atomic mass is 35.5. The predicted molar refractivity (Wildman–Crippen MR) is 85.3 cm³/mol. The van der Waals surface area contributed by atoms with Gasteiger partial charge in [0, 0.05) is 37.7 Å². The lowest BCUT2D eigenvalue weighted by molar-refractivity contribution is -0.124. The van der Waals surface area contributed by atoms with E-state index in [2.05, 4.69) is 5.32 Å². The minimum atomic E-state index is -0.182. The van der Waals surface area contributed by atoms with Gasteiger partial charge in [-0.15, -0.1) is 12.4 Å². The third kappa shape index (κ3) is 4.44. The van der Waals surface area contributed by atoms with Crippen LogP contribution in [0.4, 0.5) is 5.69 Å². The van der Waals surface area contributed by atoms with E-state index in [1.807, 2.05) is 24.3 Å². The predicted octanol–water partition coefficient (Wildman–Crippen LogP) is 1.45. The molecule has 0 saturated carbocycles. The molecule has 21 heavy (non-hydrogen) atoms. The SMILES string of the molecule is CC(CN)C(=O)NCc1cccc(N2CCCC2=O)c1.Cl. The van der Waals surface area contributed by atoms with Crippen molar-refractivity contribution in [3.05, 3.63) is 29.8 Å². The van der Waals surface area contributed by atoms with Crippen LogP contribution in [0, 0.1) is 5.92 Å². The van der Waals surface area contributed by atoms with Crippen molar-refractivity contribution >= 4 is 29.9 Å². The Bertz CT molecular complexity index is 507. The zero-order chi connectivity index (χ0) is 14.5. The van der Waals surface area contributed by atoms with Gasteiger partial charge in [0.2, 0.25) is 11.8 Å². The normalized spacial score (nSPS) is 15.5. The maximum atomic E-state index is 11.7. The highest BCUT2D eigenvalue weighted by molar-refractivity contribution is 5.95. The average Bonchev–Trinajstić information content (AvgIpc) is 2.90. The number of hydrogen-bond donors (Lipinski definition) is 2. The number of anilines is 1. The lowest BCUT2D eigenvalue weighted by atomic mass is 10.1. The minimum absolute atomic E-state index is 0. The van der Waals surface area contributed by atoms with E-state index in [-0.39, 0.29) is 30.1 Å². The van der Waals surface area contributed by atoms with Crippen molar-refractivity contribution in [2.45, 2.75) is 26.3 Å². The first kappa shape index (κ1) is 17.5. The van der Waals surface area contributed by atoms with Gasteiger partial charge in [0.05, 0.1) is 0 Å². The average molecular weight is 312 g/mol. The molecule has 0 bridgehead atoms. The monoisotopic (exact) mass is 311 g/mol. The summed E-state index contributed by atoms with van der Waals surface area (Å²) in [5.41, 5.74) is 7.35. The van der Waals surface area contributed by atoms with E-state index in [4.69, 9.17) is 5.73 Å². The van der Waals surface area contributed by atoms with Crippen LogP contribution in [0.25, 0.3) is 0 Å². The third-order valence-corrected chi connectivity index (χ3v) is 3.56. The van der Waals surface area contributed by atoms with Crippen molar-refractivity contribution in [3.63, 3.8) is 0 Å². The standard InChI is InChI=1S/C15H21N3O2.ClH/c1-11(9-16)15(20)17-10-12-4-2-5-13(8-12)18-7-3-6-14(18)19;/h2,4-5,8,11H,3,6-7,9-10,16H2,1H3,(H,17,20);1H. The molecule has 1 aromatic carbocycles. The second-order valence-corrected chi connectivity index (χ2v) is 5.17. The molecule has 1 aliphatic heterocycles. The number of hydrogen-bond acceptors (Lipinski definition) is 3. The molecule has 116 valence electrons. The Labute approximate surface area is 131 Å². The number of nitrogens with two attached hydrogens (primary N) is 1. The first-order valence-electron chi connectivity index (χ1n) is 6.99. The fourth-order valence-corrected chi connectivity index (χ4v) is 2.23. The summed E-state index contributed by atoms with van der Waals surface area (Å²) in [6, 6.07) is 7.74. The second kappa shape index (κ2) is 8.00. The van der Waals surface area contributed by atoms with E-state index in [9.17, 15) is 9.59 Å². The summed E-state index contributed by atoms with van der Waals surface area (Å²) in [5, 5.41) is 2.86. The quantitative estimate of drug-likeness (QED) is 0.864. The lowest BCUT2D eigenvalue weighted by Gasteiger charge is -2.17. The van der Waals surface area contributed by atoms with Gasteiger partial charge in [-0.25, -0.2) is 0 Å². The number of carbonyl (C=O) groups excluding carboxylic acids is 2. The molecule has 1 unspecified atom stereocenters. The topological polar surface area (TPSA) is 75.4 Å². The number of nitrogens with zero attached hydrogens (tertiary/aromatic N) is 1. The lowest BCUT2D eigenvalue weighted by Crippen LogP contribution is -2.32. The highest BCUT2D eigenvalue weighted by Crippen LogP contribution is 2.22. The number of benzene rings is 1. The summed E-state index contributed by atoms with van der Waals surface area (Å²) in [4.78, 5) is 25.2. The van der Waals surface area contributed by atoms with Crippen molar-refractivity contribution in [2.75, 3.05) is 18.0 Å². The molecule has 0 spiro atoms. The van der Waals surface area contributed by atoms with E-state index < -0.39 is 0 Å². The summed E-state index contributed by atoms with van der Waals surface area (Å²) < 4.78 is 0. The minimum Gasteiger partial charge on any atom is -0.352 e. The number of rotatable bonds is 5. The van der Waals surface area contributed by atoms with Gasteiger partial charge in [-0.3, -0.25) is 9.59 Å². The number of halogens is 1. The Balaban J connectivity index is 0.00000220. The molecule has 0 aromatic heterocycles. The van der Waals surface area contributed by atoms with Crippen LogP contribution in [0.2, 0.25) is 0 Å². The summed E-state index contributed by atoms with van der Waals surface area (Å²) in [6.45, 7) is 3.38. The Morgan fingerprint density at radius 1 is 1.48 bits per heavy atom. The van der Waals surface area contributed by atoms with Gasteiger partial charge in [-0.2, -0.15) is 0 Å². The van der Waals surface area contributed by atoms with Crippen LogP contribution in [0.15, 0.2) is 24.3 Å². The van der Waals surface area contributed by atoms with Crippen LogP contribution in [0.5, 0.6) is 0 Å². The largest absolute Gasteiger partial charge is 0.352 e. The van der Waals surface area contributed by atoms with E-state index in [1.165, 1.54) is 0 Å². The number of nitrogens with one attached hydrogen (secondary N) is 1. The summed E-state index contributed by atoms with van der Waals surface area (Å²) in [5.74, 6) is -0.0589. The molecule has 2 amide bonds. The maximum Gasteiger partial charge on any atom is 0.227 e. The molecule has 3 N–H and O–H groups in total. The van der Waals surface area contributed by atoms with Crippen molar-refractivity contribution in [1.82, 2.24) is 5.32 Å². The molecular formula is C15H22ClN3O2. The number of amides is 2. The van der Waals surface area contributed by atoms with Gasteiger partial charge in [0.1, 0.15) is 0 Å². The van der Waals surface area contributed by atoms with E-state index in [1.54, 1.807) is 11.8 Å². The smallest absolute Gasteiger partial charge is 0.227 e. The van der Waals surface area contributed by atoms with Crippen LogP contribution in [-0.2, 0) is 16.1 Å². The molecular weight excluding hydrogens is 290 g/mol. The molecule has 6 heteroatoms. The molecule has 0 aliphatic carbocycles. The van der Waals surface area contributed by atoms with Gasteiger partial charge in [-0.05, 0) is 24.1 Å². The van der Waals surface area contributed by atoms with Gasteiger partial charge in [-0.1, -0.05) is 19.1 Å². The summed E-state index contributed by atoms with van der Waals surface area (Å²) in [6.07, 6.45) is 1.53. The van der Waals surface area contributed by atoms with Crippen LogP contribution in [-0.4, -0.2) is 24.9 Å². The molecule has 1 fully saturated rings. The van der Waals surface area contributed by atoms with Crippen LogP contribution in [0.1, 0.15) is 25.3 Å². The van der Waals surface area contributed by atoms with Crippen molar-refractivity contribution in [1.29, 1.82) is 0 Å². The fraction of sp³-hybridized carbons (Fsp3) is 0.467. The molecule has 5 nitrogen and oxygen atoms in total. The summed E-state index contributed by atoms with van der Waals surface area (Å²) in [7, 11) is 0. The van der Waals surface area contributed by atoms with E-state index >= 15 is 0 Å². The fourth-order valence-electron chi connectivity index (χ4n) is 2.23. The van der Waals surface area contributed by atoms with Crippen LogP contribution in [0.3, 0.4) is 0 Å². The Morgan fingerprint density at radius 3 is 2.86 bits per heavy atom. The third-order valence-electron chi connectivity index (χ3n) is 3.56. The highest BCUT2D eigenvalue weighted by Gasteiger charge is 2.21. The van der Waals surface area contributed by atoms with Crippen LogP contribution >= 0.6 is 12.4 Å². The molecule has 2 rings (SSSR count). The van der Waals surface area contributed by atoms with E-state index in [0.29, 0.717) is 19.5 Å². The van der Waals surface area contributed by atoms with Gasteiger partial charge < -0.3 is 16.0 Å². The van der Waals surface area contributed by atoms with Crippen molar-refractivity contribution in [2.24, 2.45) is 11.7 Å². The molecule has 1 aromatic rings. The molecule has 0 radical (unpaired) electrons. The maximum absolute atomic E-state index is 11.7. The van der Waals surface area contributed by atoms with Crippen molar-refractivity contribution < 1.29 is 9.59 Å². The molecule has 1 saturated heterocycles. The molecule has 1 aliphatic rings. The van der Waals surface area contributed by atoms with Gasteiger partial charge in [0.25, 0.3) is 0 Å². The Kier molecular flexibility index (Phi) is 6.65. The first-order chi connectivity index (χ1) is 9.61. The van der Waals surface area contributed by atoms with Crippen LogP contribution < -0.4 is 16.0 Å². The Morgan fingerprint density at radius 2 is 2.24 bits per heavy atom.